The lowest BCUT2D eigenvalue weighted by Gasteiger charge is -2.07. The molecule has 0 atom stereocenters. The number of halogens is 1. The summed E-state index contributed by atoms with van der Waals surface area (Å²) in [7, 11) is 0. The topological polar surface area (TPSA) is 55.6 Å². The number of imidazole rings is 1. The van der Waals surface area contributed by atoms with Gasteiger partial charge in [0.05, 0.1) is 12.9 Å². The third kappa shape index (κ3) is 2.90. The lowest BCUT2D eigenvalue weighted by Crippen LogP contribution is -2.05. The van der Waals surface area contributed by atoms with Crippen LogP contribution in [-0.4, -0.2) is 26.1 Å². The standard InChI is InChI=1S/C16H18FN5/c1-2-3-8-18-15-14-16(20-10-19-15)22(11-21-14)9-12-6-4-5-7-13(12)17/h4-7,10-11H,2-3,8-9H2,1H3,(H,18,19,20). The molecule has 0 aliphatic heterocycles. The molecule has 3 rings (SSSR count). The molecule has 1 aromatic carbocycles. The number of rotatable bonds is 6. The maximum absolute atomic E-state index is 13.8. The highest BCUT2D eigenvalue weighted by Crippen LogP contribution is 2.19. The number of nitrogens with zero attached hydrogens (tertiary/aromatic N) is 4. The molecule has 0 aliphatic rings. The van der Waals surface area contributed by atoms with E-state index in [0.717, 1.165) is 30.7 Å². The van der Waals surface area contributed by atoms with Crippen molar-refractivity contribution in [2.75, 3.05) is 11.9 Å². The van der Waals surface area contributed by atoms with Crippen LogP contribution in [0.4, 0.5) is 10.2 Å². The predicted molar refractivity (Wildman–Crippen MR) is 84.2 cm³/mol. The van der Waals surface area contributed by atoms with Gasteiger partial charge in [0, 0.05) is 12.1 Å². The van der Waals surface area contributed by atoms with E-state index in [1.165, 1.54) is 12.4 Å². The Bertz CT molecular complexity index is 768. The Kier molecular flexibility index (Phi) is 4.27. The minimum atomic E-state index is -0.222. The first-order chi connectivity index (χ1) is 10.8. The van der Waals surface area contributed by atoms with Gasteiger partial charge < -0.3 is 9.88 Å². The first-order valence-corrected chi connectivity index (χ1v) is 7.42. The molecule has 0 unspecified atom stereocenters. The Morgan fingerprint density at radius 3 is 2.86 bits per heavy atom. The first kappa shape index (κ1) is 14.4. The third-order valence-electron chi connectivity index (χ3n) is 3.52. The number of aromatic nitrogens is 4. The van der Waals surface area contributed by atoms with Crippen LogP contribution in [0.3, 0.4) is 0 Å². The summed E-state index contributed by atoms with van der Waals surface area (Å²) in [5.74, 6) is 0.505. The highest BCUT2D eigenvalue weighted by molar-refractivity contribution is 5.82. The van der Waals surface area contributed by atoms with Gasteiger partial charge in [-0.05, 0) is 12.5 Å². The average Bonchev–Trinajstić information content (AvgIpc) is 2.94. The summed E-state index contributed by atoms with van der Waals surface area (Å²) >= 11 is 0. The Morgan fingerprint density at radius 1 is 1.18 bits per heavy atom. The van der Waals surface area contributed by atoms with Crippen molar-refractivity contribution in [1.82, 2.24) is 19.5 Å². The van der Waals surface area contributed by atoms with Crippen LogP contribution in [-0.2, 0) is 6.54 Å². The van der Waals surface area contributed by atoms with Crippen molar-refractivity contribution in [3.63, 3.8) is 0 Å². The van der Waals surface area contributed by atoms with Gasteiger partial charge >= 0.3 is 0 Å². The van der Waals surface area contributed by atoms with E-state index in [2.05, 4.69) is 27.2 Å². The summed E-state index contributed by atoms with van der Waals surface area (Å²) < 4.78 is 15.6. The second kappa shape index (κ2) is 6.51. The van der Waals surface area contributed by atoms with Gasteiger partial charge in [-0.15, -0.1) is 0 Å². The molecule has 0 amide bonds. The largest absolute Gasteiger partial charge is 0.368 e. The number of hydrogen-bond acceptors (Lipinski definition) is 4. The third-order valence-corrected chi connectivity index (χ3v) is 3.52. The van der Waals surface area contributed by atoms with Crippen molar-refractivity contribution >= 4 is 17.0 Å². The van der Waals surface area contributed by atoms with Crippen LogP contribution in [0.15, 0.2) is 36.9 Å². The summed E-state index contributed by atoms with van der Waals surface area (Å²) in [4.78, 5) is 12.9. The van der Waals surface area contributed by atoms with E-state index in [-0.39, 0.29) is 5.82 Å². The lowest BCUT2D eigenvalue weighted by molar-refractivity contribution is 0.601. The molecule has 0 saturated heterocycles. The smallest absolute Gasteiger partial charge is 0.165 e. The molecular formula is C16H18FN5. The zero-order valence-electron chi connectivity index (χ0n) is 12.5. The monoisotopic (exact) mass is 299 g/mol. The van der Waals surface area contributed by atoms with Gasteiger partial charge in [-0.1, -0.05) is 31.5 Å². The number of nitrogens with one attached hydrogen (secondary N) is 1. The zero-order valence-corrected chi connectivity index (χ0v) is 12.5. The molecule has 2 aromatic heterocycles. The highest BCUT2D eigenvalue weighted by atomic mass is 19.1. The highest BCUT2D eigenvalue weighted by Gasteiger charge is 2.11. The van der Waals surface area contributed by atoms with Gasteiger partial charge in [-0.2, -0.15) is 0 Å². The van der Waals surface area contributed by atoms with Crippen LogP contribution in [0.1, 0.15) is 25.3 Å². The molecule has 0 spiro atoms. The second-order valence-corrected chi connectivity index (χ2v) is 5.14. The van der Waals surface area contributed by atoms with Crippen LogP contribution in [0.2, 0.25) is 0 Å². The fourth-order valence-electron chi connectivity index (χ4n) is 2.32. The molecule has 5 nitrogen and oxygen atoms in total. The number of anilines is 1. The van der Waals surface area contributed by atoms with Gasteiger partial charge in [-0.3, -0.25) is 0 Å². The van der Waals surface area contributed by atoms with Gasteiger partial charge in [0.15, 0.2) is 11.5 Å². The number of benzene rings is 1. The fourth-order valence-corrected chi connectivity index (χ4v) is 2.32. The molecule has 0 fully saturated rings. The molecule has 0 radical (unpaired) electrons. The SMILES string of the molecule is CCCCNc1ncnc2c1ncn2Cc1ccccc1F. The lowest BCUT2D eigenvalue weighted by atomic mass is 10.2. The Hall–Kier alpha value is -2.50. The zero-order chi connectivity index (χ0) is 15.4. The van der Waals surface area contributed by atoms with Crippen LogP contribution in [0.25, 0.3) is 11.2 Å². The molecule has 22 heavy (non-hydrogen) atoms. The molecule has 3 aromatic rings. The number of fused-ring (bicyclic) bond motifs is 1. The number of hydrogen-bond donors (Lipinski definition) is 1. The van der Waals surface area contributed by atoms with Crippen LogP contribution in [0, 0.1) is 5.82 Å². The Labute approximate surface area is 128 Å². The molecule has 0 bridgehead atoms. The minimum absolute atomic E-state index is 0.222. The molecule has 0 aliphatic carbocycles. The van der Waals surface area contributed by atoms with E-state index in [0.29, 0.717) is 17.8 Å². The first-order valence-electron chi connectivity index (χ1n) is 7.42. The molecule has 2 heterocycles. The van der Waals surface area contributed by atoms with E-state index in [9.17, 15) is 4.39 Å². The Morgan fingerprint density at radius 2 is 2.05 bits per heavy atom. The van der Waals surface area contributed by atoms with Crippen molar-refractivity contribution in [2.45, 2.75) is 26.3 Å². The predicted octanol–water partition coefficient (Wildman–Crippen LogP) is 3.23. The quantitative estimate of drug-likeness (QED) is 0.710. The van der Waals surface area contributed by atoms with E-state index in [1.807, 2.05) is 10.6 Å². The molecule has 1 N–H and O–H groups in total. The minimum Gasteiger partial charge on any atom is -0.368 e. The van der Waals surface area contributed by atoms with E-state index < -0.39 is 0 Å². The summed E-state index contributed by atoms with van der Waals surface area (Å²) in [6.07, 6.45) is 5.37. The fraction of sp³-hybridized carbons (Fsp3) is 0.312. The summed E-state index contributed by atoms with van der Waals surface area (Å²) in [5.41, 5.74) is 2.04. The normalized spacial score (nSPS) is 11.0. The van der Waals surface area contributed by atoms with E-state index in [1.54, 1.807) is 18.5 Å². The molecule has 114 valence electrons. The average molecular weight is 299 g/mol. The number of unbranched alkanes of at least 4 members (excludes halogenated alkanes) is 1. The van der Waals surface area contributed by atoms with Gasteiger partial charge in [0.25, 0.3) is 0 Å². The molecule has 6 heteroatoms. The van der Waals surface area contributed by atoms with Gasteiger partial charge in [0.1, 0.15) is 17.7 Å². The Balaban J connectivity index is 1.89. The summed E-state index contributed by atoms with van der Waals surface area (Å²) in [6, 6.07) is 6.73. The van der Waals surface area contributed by atoms with Gasteiger partial charge in [-0.25, -0.2) is 19.3 Å². The van der Waals surface area contributed by atoms with Crippen molar-refractivity contribution in [3.8, 4) is 0 Å². The molecule has 0 saturated carbocycles. The maximum atomic E-state index is 13.8. The van der Waals surface area contributed by atoms with Crippen LogP contribution in [0.5, 0.6) is 0 Å². The summed E-state index contributed by atoms with van der Waals surface area (Å²) in [6.45, 7) is 3.39. The summed E-state index contributed by atoms with van der Waals surface area (Å²) in [5, 5.41) is 3.28. The van der Waals surface area contributed by atoms with Crippen molar-refractivity contribution < 1.29 is 4.39 Å². The van der Waals surface area contributed by atoms with E-state index >= 15 is 0 Å². The van der Waals surface area contributed by atoms with Crippen LogP contribution >= 0.6 is 0 Å². The van der Waals surface area contributed by atoms with E-state index in [4.69, 9.17) is 0 Å². The van der Waals surface area contributed by atoms with Gasteiger partial charge in [0.2, 0.25) is 0 Å². The van der Waals surface area contributed by atoms with Crippen LogP contribution < -0.4 is 5.32 Å². The molecular weight excluding hydrogens is 281 g/mol. The second-order valence-electron chi connectivity index (χ2n) is 5.14. The maximum Gasteiger partial charge on any atom is 0.165 e. The van der Waals surface area contributed by atoms with Crippen molar-refractivity contribution in [1.29, 1.82) is 0 Å². The van der Waals surface area contributed by atoms with Crippen molar-refractivity contribution in [2.24, 2.45) is 0 Å². The van der Waals surface area contributed by atoms with Crippen molar-refractivity contribution in [3.05, 3.63) is 48.3 Å².